The summed E-state index contributed by atoms with van der Waals surface area (Å²) in [6, 6.07) is 1.12. The van der Waals surface area contributed by atoms with Crippen molar-refractivity contribution in [2.45, 2.75) is 26.1 Å². The third-order valence-electron chi connectivity index (χ3n) is 2.34. The molecule has 0 atom stereocenters. The monoisotopic (exact) mass is 363 g/mol. The van der Waals surface area contributed by atoms with Gasteiger partial charge in [-0.25, -0.2) is 0 Å². The molecule has 1 N–H and O–H groups in total. The molecule has 0 saturated heterocycles. The van der Waals surface area contributed by atoms with Crippen LogP contribution >= 0.6 is 11.3 Å². The summed E-state index contributed by atoms with van der Waals surface area (Å²) in [7, 11) is 1.30. The summed E-state index contributed by atoms with van der Waals surface area (Å²) < 4.78 is 47.7. The lowest BCUT2D eigenvalue weighted by Gasteiger charge is -2.10. The van der Waals surface area contributed by atoms with Crippen LogP contribution in [0.4, 0.5) is 18.3 Å². The number of ether oxygens (including phenoxy) is 2. The number of carbonyl (C=O) groups excluding carboxylic acids is 1. The van der Waals surface area contributed by atoms with Crippen molar-refractivity contribution in [2.75, 3.05) is 12.4 Å². The number of methoxy groups -OCH3 is 1. The first-order valence-electron chi connectivity index (χ1n) is 6.51. The molecule has 0 aliphatic carbocycles. The zero-order valence-corrected chi connectivity index (χ0v) is 13.5. The Morgan fingerprint density at radius 3 is 2.54 bits per heavy atom. The third-order valence-corrected chi connectivity index (χ3v) is 3.23. The Bertz CT molecular complexity index is 735. The molecule has 0 spiro atoms. The fourth-order valence-corrected chi connectivity index (χ4v) is 2.07. The van der Waals surface area contributed by atoms with Crippen molar-refractivity contribution in [2.24, 2.45) is 0 Å². The Kier molecular flexibility index (Phi) is 5.17. The van der Waals surface area contributed by atoms with Gasteiger partial charge < -0.3 is 9.47 Å². The zero-order valence-electron chi connectivity index (χ0n) is 12.7. The lowest BCUT2D eigenvalue weighted by Crippen LogP contribution is -2.16. The molecule has 12 heteroatoms. The van der Waals surface area contributed by atoms with Crippen molar-refractivity contribution >= 4 is 22.4 Å². The Balaban J connectivity index is 2.21. The van der Waals surface area contributed by atoms with E-state index in [-0.39, 0.29) is 40.2 Å². The molecule has 24 heavy (non-hydrogen) atoms. The summed E-state index contributed by atoms with van der Waals surface area (Å²) in [6.45, 7) is 3.52. The van der Waals surface area contributed by atoms with Gasteiger partial charge in [0.25, 0.3) is 5.91 Å². The van der Waals surface area contributed by atoms with Crippen molar-refractivity contribution in [3.8, 4) is 11.9 Å². The largest absolute Gasteiger partial charge is 0.475 e. The number of hydrogen-bond acceptors (Lipinski definition) is 8. The molecule has 0 aliphatic heterocycles. The van der Waals surface area contributed by atoms with Gasteiger partial charge in [-0.3, -0.25) is 10.1 Å². The number of carbonyl (C=O) groups is 1. The molecule has 0 radical (unpaired) electrons. The summed E-state index contributed by atoms with van der Waals surface area (Å²) in [4.78, 5) is 19.9. The van der Waals surface area contributed by atoms with Crippen LogP contribution in [0.25, 0.3) is 0 Å². The van der Waals surface area contributed by atoms with Gasteiger partial charge >= 0.3 is 12.2 Å². The van der Waals surface area contributed by atoms with Crippen LogP contribution in [0, 0.1) is 0 Å². The van der Waals surface area contributed by atoms with Crippen LogP contribution < -0.4 is 14.8 Å². The second-order valence-corrected chi connectivity index (χ2v) is 5.59. The molecule has 0 aromatic carbocycles. The standard InChI is InChI=1S/C12H12F3N5O3S/c1-5(2)23-7-4-6(16-10(17-7)22-3)8(21)18-11-20-19-9(24-11)12(13,14)15/h4-5H,1-3H3,(H,18,20,21). The molecule has 0 unspecified atom stereocenters. The molecule has 0 saturated carbocycles. The van der Waals surface area contributed by atoms with Gasteiger partial charge in [0.05, 0.1) is 13.2 Å². The Hall–Kier alpha value is -2.50. The van der Waals surface area contributed by atoms with E-state index in [2.05, 4.69) is 25.5 Å². The lowest BCUT2D eigenvalue weighted by atomic mass is 10.3. The van der Waals surface area contributed by atoms with Gasteiger partial charge in [0.15, 0.2) is 0 Å². The number of alkyl halides is 3. The topological polar surface area (TPSA) is 99.1 Å². The van der Waals surface area contributed by atoms with Crippen LogP contribution in [0.1, 0.15) is 29.3 Å². The summed E-state index contributed by atoms with van der Waals surface area (Å²) in [6.07, 6.45) is -4.84. The number of aromatic nitrogens is 4. The minimum Gasteiger partial charge on any atom is -0.475 e. The third kappa shape index (κ3) is 4.50. The number of amides is 1. The molecular formula is C12H12F3N5O3S. The Morgan fingerprint density at radius 2 is 2.00 bits per heavy atom. The minimum absolute atomic E-state index is 0.0928. The highest BCUT2D eigenvalue weighted by molar-refractivity contribution is 7.15. The second kappa shape index (κ2) is 6.95. The van der Waals surface area contributed by atoms with Crippen molar-refractivity contribution in [3.05, 3.63) is 16.8 Å². The summed E-state index contributed by atoms with van der Waals surface area (Å²) >= 11 is 0.203. The van der Waals surface area contributed by atoms with Gasteiger partial charge in [-0.05, 0) is 13.8 Å². The van der Waals surface area contributed by atoms with Crippen LogP contribution in [0.2, 0.25) is 0 Å². The molecule has 0 fully saturated rings. The quantitative estimate of drug-likeness (QED) is 0.871. The number of anilines is 1. The predicted octanol–water partition coefficient (Wildman–Crippen LogP) is 2.39. The van der Waals surface area contributed by atoms with Crippen molar-refractivity contribution < 1.29 is 27.4 Å². The first-order valence-corrected chi connectivity index (χ1v) is 7.32. The molecule has 2 aromatic heterocycles. The number of nitrogens with zero attached hydrogens (tertiary/aromatic N) is 4. The normalized spacial score (nSPS) is 11.5. The molecule has 1 amide bonds. The number of halogens is 3. The van der Waals surface area contributed by atoms with E-state index in [4.69, 9.17) is 9.47 Å². The molecule has 2 rings (SSSR count). The fraction of sp³-hybridized carbons (Fsp3) is 0.417. The maximum atomic E-state index is 12.5. The highest BCUT2D eigenvalue weighted by Gasteiger charge is 2.35. The first kappa shape index (κ1) is 17.8. The van der Waals surface area contributed by atoms with E-state index in [1.54, 1.807) is 13.8 Å². The van der Waals surface area contributed by atoms with Gasteiger partial charge in [-0.2, -0.15) is 23.1 Å². The van der Waals surface area contributed by atoms with Gasteiger partial charge in [0.2, 0.25) is 16.0 Å². The maximum absolute atomic E-state index is 12.5. The van der Waals surface area contributed by atoms with E-state index in [1.165, 1.54) is 13.2 Å². The van der Waals surface area contributed by atoms with Gasteiger partial charge in [-0.15, -0.1) is 10.2 Å². The van der Waals surface area contributed by atoms with Crippen molar-refractivity contribution in [3.63, 3.8) is 0 Å². The Morgan fingerprint density at radius 1 is 1.29 bits per heavy atom. The summed E-state index contributed by atoms with van der Waals surface area (Å²) in [5, 5.41) is 6.96. The summed E-state index contributed by atoms with van der Waals surface area (Å²) in [5.41, 5.74) is -0.152. The average molecular weight is 363 g/mol. The van der Waals surface area contributed by atoms with Gasteiger partial charge in [0.1, 0.15) is 5.69 Å². The lowest BCUT2D eigenvalue weighted by molar-refractivity contribution is -0.138. The molecule has 2 aromatic rings. The SMILES string of the molecule is COc1nc(OC(C)C)cc(C(=O)Nc2nnc(C(F)(F)F)s2)n1. The number of nitrogens with one attached hydrogen (secondary N) is 1. The first-order chi connectivity index (χ1) is 11.2. The molecule has 0 bridgehead atoms. The van der Waals surface area contributed by atoms with Gasteiger partial charge in [-0.1, -0.05) is 11.3 Å². The predicted molar refractivity (Wildman–Crippen MR) is 77.2 cm³/mol. The minimum atomic E-state index is -4.63. The van der Waals surface area contributed by atoms with Crippen molar-refractivity contribution in [1.82, 2.24) is 20.2 Å². The Labute approximate surface area is 138 Å². The fourth-order valence-electron chi connectivity index (χ4n) is 1.46. The smallest absolute Gasteiger partial charge is 0.445 e. The molecule has 130 valence electrons. The van der Waals surface area contributed by atoms with Crippen molar-refractivity contribution in [1.29, 1.82) is 0 Å². The number of hydrogen-bond donors (Lipinski definition) is 1. The van der Waals surface area contributed by atoms with Crippen LogP contribution in [-0.2, 0) is 6.18 Å². The molecule has 0 aliphatic rings. The zero-order chi connectivity index (χ0) is 17.9. The van der Waals surface area contributed by atoms with Crippen LogP contribution in [0.15, 0.2) is 6.07 Å². The highest BCUT2D eigenvalue weighted by atomic mass is 32.1. The van der Waals surface area contributed by atoms with E-state index in [0.29, 0.717) is 0 Å². The molecule has 8 nitrogen and oxygen atoms in total. The van der Waals surface area contributed by atoms with E-state index in [1.807, 2.05) is 0 Å². The van der Waals surface area contributed by atoms with Crippen LogP contribution in [-0.4, -0.2) is 39.3 Å². The molecule has 2 heterocycles. The van der Waals surface area contributed by atoms with Crippen LogP contribution in [0.3, 0.4) is 0 Å². The maximum Gasteiger partial charge on any atom is 0.445 e. The second-order valence-electron chi connectivity index (χ2n) is 4.61. The van der Waals surface area contributed by atoms with Gasteiger partial charge in [0, 0.05) is 6.07 Å². The van der Waals surface area contributed by atoms with E-state index >= 15 is 0 Å². The average Bonchev–Trinajstić information content (AvgIpc) is 2.94. The highest BCUT2D eigenvalue weighted by Crippen LogP contribution is 2.33. The number of rotatable bonds is 5. The van der Waals surface area contributed by atoms with E-state index < -0.39 is 17.1 Å². The molecular weight excluding hydrogens is 351 g/mol. The summed E-state index contributed by atoms with van der Waals surface area (Å²) in [5.74, 6) is -0.704. The van der Waals surface area contributed by atoms with E-state index in [0.717, 1.165) is 0 Å². The van der Waals surface area contributed by atoms with Crippen LogP contribution in [0.5, 0.6) is 11.9 Å². The van der Waals surface area contributed by atoms with E-state index in [9.17, 15) is 18.0 Å².